The molecule has 40 heavy (non-hydrogen) atoms. The number of nitrogens with zero attached hydrogens (tertiary/aromatic N) is 1. The molecule has 0 amide bonds. The second-order valence-electron chi connectivity index (χ2n) is 10.1. The first-order chi connectivity index (χ1) is 18.7. The van der Waals surface area contributed by atoms with E-state index in [2.05, 4.69) is 18.8 Å². The van der Waals surface area contributed by atoms with E-state index in [1.807, 2.05) is 4.72 Å². The topological polar surface area (TPSA) is 119 Å². The van der Waals surface area contributed by atoms with E-state index in [1.54, 1.807) is 6.07 Å². The van der Waals surface area contributed by atoms with Crippen molar-refractivity contribution in [2.24, 2.45) is 11.8 Å². The Balaban J connectivity index is 1.63. The number of benzene rings is 2. The summed E-state index contributed by atoms with van der Waals surface area (Å²) >= 11 is 0. The normalized spacial score (nSPS) is 18.1. The first kappa shape index (κ1) is 29.4. The number of hydrogen-bond acceptors (Lipinski definition) is 6. The summed E-state index contributed by atoms with van der Waals surface area (Å²) in [6.07, 6.45) is -0.662. The fourth-order valence-electron chi connectivity index (χ4n) is 5.03. The Kier molecular flexibility index (Phi) is 8.16. The average molecular weight is 585 g/mol. The van der Waals surface area contributed by atoms with Crippen LogP contribution in [0.15, 0.2) is 46.0 Å². The van der Waals surface area contributed by atoms with E-state index in [0.717, 1.165) is 44.9 Å². The molecule has 1 heterocycles. The van der Waals surface area contributed by atoms with Crippen LogP contribution in [0, 0.1) is 17.7 Å². The second kappa shape index (κ2) is 11.1. The first-order valence-corrected chi connectivity index (χ1v) is 14.0. The van der Waals surface area contributed by atoms with Crippen LogP contribution in [0.2, 0.25) is 0 Å². The SMILES string of the molecule is COc1cc(C(=O)O)c(F)cc1NS(=O)(=O)c1coc(-c2ccc([C@H]3CC[C@H](C(C)C)CC3)cc2C(F)(F)F)n1. The highest BCUT2D eigenvalue weighted by Crippen LogP contribution is 2.43. The van der Waals surface area contributed by atoms with Gasteiger partial charge in [0.15, 0.2) is 0 Å². The number of carbonyl (C=O) groups is 1. The van der Waals surface area contributed by atoms with Gasteiger partial charge < -0.3 is 14.3 Å². The van der Waals surface area contributed by atoms with Crippen LogP contribution in [-0.2, 0) is 16.2 Å². The highest BCUT2D eigenvalue weighted by atomic mass is 32.2. The Hall–Kier alpha value is -3.61. The van der Waals surface area contributed by atoms with Gasteiger partial charge in [-0.2, -0.15) is 26.6 Å². The van der Waals surface area contributed by atoms with E-state index in [4.69, 9.17) is 14.3 Å². The molecule has 216 valence electrons. The summed E-state index contributed by atoms with van der Waals surface area (Å²) in [7, 11) is -3.48. The van der Waals surface area contributed by atoms with Gasteiger partial charge in [-0.1, -0.05) is 19.9 Å². The molecule has 0 spiro atoms. The van der Waals surface area contributed by atoms with E-state index < -0.39 is 61.3 Å². The van der Waals surface area contributed by atoms with Gasteiger partial charge in [0.2, 0.25) is 10.9 Å². The van der Waals surface area contributed by atoms with Gasteiger partial charge in [0.1, 0.15) is 17.8 Å². The van der Waals surface area contributed by atoms with Gasteiger partial charge in [0.25, 0.3) is 10.0 Å². The Labute approximate surface area is 228 Å². The van der Waals surface area contributed by atoms with Crippen LogP contribution in [0.1, 0.15) is 66.9 Å². The molecule has 2 aromatic carbocycles. The van der Waals surface area contributed by atoms with Gasteiger partial charge in [-0.15, -0.1) is 0 Å². The van der Waals surface area contributed by atoms with Crippen LogP contribution >= 0.6 is 0 Å². The molecule has 4 rings (SSSR count). The van der Waals surface area contributed by atoms with Gasteiger partial charge in [0, 0.05) is 11.6 Å². The molecule has 0 atom stereocenters. The summed E-state index contributed by atoms with van der Waals surface area (Å²) in [6.45, 7) is 4.29. The van der Waals surface area contributed by atoms with Crippen LogP contribution in [0.5, 0.6) is 5.75 Å². The number of aromatic carboxylic acids is 1. The molecule has 0 bridgehead atoms. The predicted molar refractivity (Wildman–Crippen MR) is 137 cm³/mol. The van der Waals surface area contributed by atoms with E-state index in [0.29, 0.717) is 29.7 Å². The molecule has 0 radical (unpaired) electrons. The van der Waals surface area contributed by atoms with Gasteiger partial charge in [-0.05, 0) is 67.2 Å². The van der Waals surface area contributed by atoms with Crippen LogP contribution in [0.4, 0.5) is 23.2 Å². The number of rotatable bonds is 8. The molecule has 0 saturated heterocycles. The largest absolute Gasteiger partial charge is 0.495 e. The molecule has 1 saturated carbocycles. The van der Waals surface area contributed by atoms with Crippen LogP contribution in [-0.4, -0.2) is 31.6 Å². The summed E-state index contributed by atoms with van der Waals surface area (Å²) in [5.74, 6) is -2.65. The van der Waals surface area contributed by atoms with Crippen LogP contribution in [0.25, 0.3) is 11.5 Å². The average Bonchev–Trinajstić information content (AvgIpc) is 3.39. The second-order valence-corrected chi connectivity index (χ2v) is 11.7. The number of oxazole rings is 1. The lowest BCUT2D eigenvalue weighted by molar-refractivity contribution is -0.137. The Bertz CT molecular complexity index is 1510. The first-order valence-electron chi connectivity index (χ1n) is 12.5. The van der Waals surface area contributed by atoms with Crippen molar-refractivity contribution in [3.05, 3.63) is 59.1 Å². The Morgan fingerprint density at radius 1 is 1.15 bits per heavy atom. The monoisotopic (exact) mass is 584 g/mol. The van der Waals surface area contributed by atoms with Crippen molar-refractivity contribution in [2.75, 3.05) is 11.8 Å². The lowest BCUT2D eigenvalue weighted by atomic mass is 9.74. The minimum Gasteiger partial charge on any atom is -0.495 e. The molecule has 3 aromatic rings. The molecule has 1 aliphatic rings. The fraction of sp³-hybridized carbons (Fsp3) is 0.407. The standard InChI is InChI=1S/C27H28F4N2O6S/c1-14(2)15-4-6-16(7-5-15)17-8-9-18(20(10-17)27(29,30)31)25-32-24(13-39-25)40(36,37)33-22-12-21(28)19(26(34)35)11-23(22)38-3/h8-16,33H,4-7H2,1-3H3,(H,34,35)/t15-,16-. The van der Waals surface area contributed by atoms with E-state index in [-0.39, 0.29) is 11.7 Å². The third-order valence-corrected chi connectivity index (χ3v) is 8.51. The Morgan fingerprint density at radius 2 is 1.82 bits per heavy atom. The smallest absolute Gasteiger partial charge is 0.417 e. The molecule has 2 N–H and O–H groups in total. The van der Waals surface area contributed by atoms with Crippen molar-refractivity contribution in [3.63, 3.8) is 0 Å². The maximum Gasteiger partial charge on any atom is 0.417 e. The van der Waals surface area contributed by atoms with Crippen molar-refractivity contribution < 1.29 is 45.0 Å². The number of carboxylic acids is 1. The molecular weight excluding hydrogens is 556 g/mol. The van der Waals surface area contributed by atoms with Crippen molar-refractivity contribution in [1.29, 1.82) is 0 Å². The highest BCUT2D eigenvalue weighted by Gasteiger charge is 2.37. The number of methoxy groups -OCH3 is 1. The van der Waals surface area contributed by atoms with Gasteiger partial charge in [0.05, 0.1) is 23.9 Å². The number of carboxylic acid groups (broad SMARTS) is 1. The quantitative estimate of drug-likeness (QED) is 0.276. The number of nitrogens with one attached hydrogen (secondary N) is 1. The number of anilines is 1. The third-order valence-electron chi connectivity index (χ3n) is 7.29. The van der Waals surface area contributed by atoms with Crippen molar-refractivity contribution in [2.45, 2.75) is 56.7 Å². The molecule has 1 fully saturated rings. The predicted octanol–water partition coefficient (Wildman–Crippen LogP) is 6.94. The molecule has 13 heteroatoms. The Morgan fingerprint density at radius 3 is 2.40 bits per heavy atom. The summed E-state index contributed by atoms with van der Waals surface area (Å²) < 4.78 is 94.4. The molecule has 0 unspecified atom stereocenters. The van der Waals surface area contributed by atoms with Gasteiger partial charge >= 0.3 is 12.1 Å². The minimum atomic E-state index is -4.76. The number of halogens is 4. The number of aromatic nitrogens is 1. The highest BCUT2D eigenvalue weighted by molar-refractivity contribution is 7.92. The molecule has 8 nitrogen and oxygen atoms in total. The maximum absolute atomic E-state index is 14.2. The zero-order valence-electron chi connectivity index (χ0n) is 21.9. The maximum atomic E-state index is 14.2. The zero-order valence-corrected chi connectivity index (χ0v) is 22.7. The van der Waals surface area contributed by atoms with Crippen molar-refractivity contribution >= 4 is 21.7 Å². The van der Waals surface area contributed by atoms with Gasteiger partial charge in [-0.3, -0.25) is 4.72 Å². The summed E-state index contributed by atoms with van der Waals surface area (Å²) in [6, 6.07) is 5.28. The van der Waals surface area contributed by atoms with E-state index >= 15 is 0 Å². The summed E-state index contributed by atoms with van der Waals surface area (Å²) in [4.78, 5) is 14.9. The number of alkyl halides is 3. The van der Waals surface area contributed by atoms with E-state index in [9.17, 15) is 30.8 Å². The lowest BCUT2D eigenvalue weighted by Gasteiger charge is -2.31. The number of sulfonamides is 1. The molecular formula is C27H28F4N2O6S. The van der Waals surface area contributed by atoms with Crippen LogP contribution in [0.3, 0.4) is 0 Å². The molecule has 1 aliphatic carbocycles. The van der Waals surface area contributed by atoms with Crippen molar-refractivity contribution in [1.82, 2.24) is 4.98 Å². The minimum absolute atomic E-state index is 0.0160. The number of hydrogen-bond donors (Lipinski definition) is 2. The zero-order chi connectivity index (χ0) is 29.4. The number of ether oxygens (including phenoxy) is 1. The molecule has 0 aliphatic heterocycles. The van der Waals surface area contributed by atoms with Crippen molar-refractivity contribution in [3.8, 4) is 17.2 Å². The lowest BCUT2D eigenvalue weighted by Crippen LogP contribution is -2.18. The summed E-state index contributed by atoms with van der Waals surface area (Å²) in [5, 5.41) is 8.30. The van der Waals surface area contributed by atoms with Crippen LogP contribution < -0.4 is 9.46 Å². The molecule has 1 aromatic heterocycles. The summed E-state index contributed by atoms with van der Waals surface area (Å²) in [5.41, 5.74) is -2.06. The van der Waals surface area contributed by atoms with E-state index in [1.165, 1.54) is 6.07 Å². The third kappa shape index (κ3) is 6.08. The fourth-order valence-corrected chi connectivity index (χ4v) is 5.96. The van der Waals surface area contributed by atoms with Gasteiger partial charge in [-0.25, -0.2) is 9.18 Å².